The number of nitrogens with zero attached hydrogens (tertiary/aromatic N) is 1. The third kappa shape index (κ3) is 4.49. The van der Waals surface area contributed by atoms with Crippen molar-refractivity contribution in [3.63, 3.8) is 0 Å². The molecule has 0 radical (unpaired) electrons. The lowest BCUT2D eigenvalue weighted by molar-refractivity contribution is -0.117. The van der Waals surface area contributed by atoms with Crippen LogP contribution in [-0.2, 0) is 4.79 Å². The zero-order valence-electron chi connectivity index (χ0n) is 15.7. The summed E-state index contributed by atoms with van der Waals surface area (Å²) in [6.45, 7) is 1.80. The molecule has 144 valence electrons. The molecule has 2 aromatic rings. The lowest BCUT2D eigenvalue weighted by Crippen LogP contribution is -2.36. The lowest BCUT2D eigenvalue weighted by Gasteiger charge is -2.22. The van der Waals surface area contributed by atoms with Gasteiger partial charge in [0, 0.05) is 17.7 Å². The molecule has 1 saturated carbocycles. The normalized spacial score (nSPS) is 15.1. The predicted octanol–water partition coefficient (Wildman–Crippen LogP) is 4.31. The monoisotopic (exact) mass is 378 g/mol. The van der Waals surface area contributed by atoms with E-state index in [0.717, 1.165) is 36.8 Å². The van der Waals surface area contributed by atoms with E-state index in [1.807, 2.05) is 6.07 Å². The largest absolute Gasteiger partial charge is 0.478 e. The molecule has 1 amide bonds. The van der Waals surface area contributed by atoms with Gasteiger partial charge < -0.3 is 14.8 Å². The highest BCUT2D eigenvalue weighted by atomic mass is 16.4. The van der Waals surface area contributed by atoms with Crippen molar-refractivity contribution in [3.05, 3.63) is 52.8 Å². The van der Waals surface area contributed by atoms with E-state index >= 15 is 0 Å². The Kier molecular flexibility index (Phi) is 5.95. The van der Waals surface area contributed by atoms with E-state index in [1.54, 1.807) is 31.2 Å². The van der Waals surface area contributed by atoms with E-state index in [1.165, 1.54) is 18.6 Å². The van der Waals surface area contributed by atoms with Crippen LogP contribution in [0.2, 0.25) is 0 Å². The number of amides is 1. The van der Waals surface area contributed by atoms with Crippen LogP contribution in [0.3, 0.4) is 0 Å². The molecule has 1 heterocycles. The molecular weight excluding hydrogens is 356 g/mol. The number of furan rings is 1. The van der Waals surface area contributed by atoms with Crippen LogP contribution in [0.15, 0.2) is 40.3 Å². The Labute approximate surface area is 163 Å². The number of benzene rings is 1. The molecule has 0 bridgehead atoms. The molecule has 28 heavy (non-hydrogen) atoms. The standard InChI is InChI=1S/C22H22N2O4/c1-14-11-15(22(26)27)7-9-19(14)20-10-8-18(28-20)12-16(13-23)21(25)24-17-5-3-2-4-6-17/h7-12,17H,2-6H2,1H3,(H,24,25)(H,26,27). The van der Waals surface area contributed by atoms with Crippen molar-refractivity contribution in [1.82, 2.24) is 5.32 Å². The Bertz CT molecular complexity index is 959. The third-order valence-corrected chi connectivity index (χ3v) is 4.96. The first-order chi connectivity index (χ1) is 13.5. The van der Waals surface area contributed by atoms with Gasteiger partial charge in [-0.1, -0.05) is 25.3 Å². The molecule has 6 heteroatoms. The molecular formula is C22H22N2O4. The van der Waals surface area contributed by atoms with Gasteiger partial charge in [0.2, 0.25) is 0 Å². The molecule has 6 nitrogen and oxygen atoms in total. The first-order valence-electron chi connectivity index (χ1n) is 9.34. The van der Waals surface area contributed by atoms with Crippen LogP contribution in [-0.4, -0.2) is 23.0 Å². The number of carboxylic acid groups (broad SMARTS) is 1. The van der Waals surface area contributed by atoms with Crippen molar-refractivity contribution < 1.29 is 19.1 Å². The number of nitriles is 1. The van der Waals surface area contributed by atoms with Gasteiger partial charge in [-0.2, -0.15) is 5.26 Å². The fourth-order valence-corrected chi connectivity index (χ4v) is 3.45. The molecule has 0 saturated heterocycles. The van der Waals surface area contributed by atoms with E-state index in [-0.39, 0.29) is 23.1 Å². The van der Waals surface area contributed by atoms with Crippen molar-refractivity contribution >= 4 is 18.0 Å². The number of nitrogens with one attached hydrogen (secondary N) is 1. The van der Waals surface area contributed by atoms with Gasteiger partial charge in [-0.05, 0) is 49.6 Å². The van der Waals surface area contributed by atoms with E-state index in [9.17, 15) is 14.9 Å². The highest BCUT2D eigenvalue weighted by Crippen LogP contribution is 2.27. The second-order valence-corrected chi connectivity index (χ2v) is 7.02. The summed E-state index contributed by atoms with van der Waals surface area (Å²) in [5, 5.41) is 21.4. The topological polar surface area (TPSA) is 103 Å². The summed E-state index contributed by atoms with van der Waals surface area (Å²) in [6.07, 6.45) is 6.70. The van der Waals surface area contributed by atoms with Gasteiger partial charge >= 0.3 is 5.97 Å². The van der Waals surface area contributed by atoms with Crippen LogP contribution < -0.4 is 5.32 Å². The second kappa shape index (κ2) is 8.57. The number of aromatic carboxylic acids is 1. The fraction of sp³-hybridized carbons (Fsp3) is 0.318. The average Bonchev–Trinajstić information content (AvgIpc) is 3.15. The van der Waals surface area contributed by atoms with Gasteiger partial charge in [0.15, 0.2) is 0 Å². The first kappa shape index (κ1) is 19.4. The Hall–Kier alpha value is -3.33. The molecule has 0 spiro atoms. The van der Waals surface area contributed by atoms with Gasteiger partial charge in [-0.3, -0.25) is 4.79 Å². The summed E-state index contributed by atoms with van der Waals surface area (Å²) in [5.74, 6) is -0.424. The fourth-order valence-electron chi connectivity index (χ4n) is 3.45. The van der Waals surface area contributed by atoms with E-state index in [4.69, 9.17) is 9.52 Å². The summed E-state index contributed by atoms with van der Waals surface area (Å²) in [4.78, 5) is 23.4. The van der Waals surface area contributed by atoms with Crippen LogP contribution in [0, 0.1) is 18.3 Å². The smallest absolute Gasteiger partial charge is 0.335 e. The molecule has 1 aromatic heterocycles. The van der Waals surface area contributed by atoms with Crippen molar-refractivity contribution in [1.29, 1.82) is 5.26 Å². The number of carboxylic acids is 1. The zero-order chi connectivity index (χ0) is 20.1. The van der Waals surface area contributed by atoms with Gasteiger partial charge in [-0.15, -0.1) is 0 Å². The van der Waals surface area contributed by atoms with Gasteiger partial charge in [0.25, 0.3) is 5.91 Å². The van der Waals surface area contributed by atoms with Crippen LogP contribution in [0.25, 0.3) is 17.4 Å². The molecule has 1 aromatic carbocycles. The highest BCUT2D eigenvalue weighted by molar-refractivity contribution is 6.01. The van der Waals surface area contributed by atoms with Crippen molar-refractivity contribution in [2.24, 2.45) is 0 Å². The van der Waals surface area contributed by atoms with E-state index < -0.39 is 5.97 Å². The van der Waals surface area contributed by atoms with Crippen molar-refractivity contribution in [2.45, 2.75) is 45.1 Å². The molecule has 2 N–H and O–H groups in total. The minimum absolute atomic E-state index is 0.00409. The molecule has 1 aliphatic carbocycles. The van der Waals surface area contributed by atoms with Crippen LogP contribution in [0.1, 0.15) is 53.8 Å². The number of rotatable bonds is 5. The molecule has 0 aliphatic heterocycles. The second-order valence-electron chi connectivity index (χ2n) is 7.02. The number of carbonyl (C=O) groups is 2. The molecule has 1 aliphatic rings. The molecule has 3 rings (SSSR count). The van der Waals surface area contributed by atoms with E-state index in [0.29, 0.717) is 11.5 Å². The predicted molar refractivity (Wildman–Crippen MR) is 104 cm³/mol. The minimum atomic E-state index is -0.986. The minimum Gasteiger partial charge on any atom is -0.478 e. The summed E-state index contributed by atoms with van der Waals surface area (Å²) >= 11 is 0. The van der Waals surface area contributed by atoms with Crippen LogP contribution in [0.4, 0.5) is 0 Å². The average molecular weight is 378 g/mol. The Morgan fingerprint density at radius 2 is 1.96 bits per heavy atom. The lowest BCUT2D eigenvalue weighted by atomic mass is 9.95. The van der Waals surface area contributed by atoms with Gasteiger partial charge in [0.05, 0.1) is 5.56 Å². The summed E-state index contributed by atoms with van der Waals surface area (Å²) in [6, 6.07) is 10.3. The van der Waals surface area contributed by atoms with Crippen LogP contribution >= 0.6 is 0 Å². The number of hydrogen-bond acceptors (Lipinski definition) is 4. The zero-order valence-corrected chi connectivity index (χ0v) is 15.7. The Morgan fingerprint density at radius 1 is 1.21 bits per heavy atom. The quantitative estimate of drug-likeness (QED) is 0.596. The molecule has 0 unspecified atom stereocenters. The highest BCUT2D eigenvalue weighted by Gasteiger charge is 2.18. The Balaban J connectivity index is 1.77. The SMILES string of the molecule is Cc1cc(C(=O)O)ccc1-c1ccc(C=C(C#N)C(=O)NC2CCCCC2)o1. The summed E-state index contributed by atoms with van der Waals surface area (Å²) in [5.41, 5.74) is 1.73. The maximum Gasteiger partial charge on any atom is 0.335 e. The van der Waals surface area contributed by atoms with E-state index in [2.05, 4.69) is 5.32 Å². The van der Waals surface area contributed by atoms with Crippen LogP contribution in [0.5, 0.6) is 0 Å². The molecule has 1 fully saturated rings. The van der Waals surface area contributed by atoms with Gasteiger partial charge in [-0.25, -0.2) is 4.79 Å². The number of hydrogen-bond donors (Lipinski definition) is 2. The van der Waals surface area contributed by atoms with Gasteiger partial charge in [0.1, 0.15) is 23.2 Å². The number of carbonyl (C=O) groups excluding carboxylic acids is 1. The Morgan fingerprint density at radius 3 is 2.61 bits per heavy atom. The summed E-state index contributed by atoms with van der Waals surface area (Å²) in [7, 11) is 0. The third-order valence-electron chi connectivity index (χ3n) is 4.96. The maximum absolute atomic E-state index is 12.4. The summed E-state index contributed by atoms with van der Waals surface area (Å²) < 4.78 is 5.77. The molecule has 0 atom stereocenters. The maximum atomic E-state index is 12.4. The van der Waals surface area contributed by atoms with Crippen molar-refractivity contribution in [3.8, 4) is 17.4 Å². The number of aryl methyl sites for hydroxylation is 1. The first-order valence-corrected chi connectivity index (χ1v) is 9.34. The van der Waals surface area contributed by atoms with Crippen molar-refractivity contribution in [2.75, 3.05) is 0 Å².